The van der Waals surface area contributed by atoms with Crippen LogP contribution in [0.15, 0.2) is 12.4 Å². The second kappa shape index (κ2) is 3.59. The van der Waals surface area contributed by atoms with E-state index >= 15 is 0 Å². The zero-order chi connectivity index (χ0) is 11.9. The van der Waals surface area contributed by atoms with Gasteiger partial charge in [-0.05, 0) is 13.8 Å². The van der Waals surface area contributed by atoms with Gasteiger partial charge < -0.3 is 9.13 Å². The minimum absolute atomic E-state index is 0.0498. The number of carbonyl (C=O) groups is 1. The fourth-order valence-corrected chi connectivity index (χ4v) is 1.56. The van der Waals surface area contributed by atoms with Gasteiger partial charge in [-0.2, -0.15) is 0 Å². The topological polar surface area (TPSA) is 52.7 Å². The highest BCUT2D eigenvalue weighted by molar-refractivity contribution is 6.06. The number of hydrogen-bond donors (Lipinski definition) is 0. The third-order valence-electron chi connectivity index (χ3n) is 2.91. The Kier molecular flexibility index (Phi) is 2.38. The number of hydrogen-bond acceptors (Lipinski definition) is 3. The molecule has 0 N–H and O–H groups in total. The van der Waals surface area contributed by atoms with Gasteiger partial charge in [-0.15, -0.1) is 0 Å². The number of imidazole rings is 2. The Hall–Kier alpha value is -1.91. The molecule has 5 heteroatoms. The van der Waals surface area contributed by atoms with Gasteiger partial charge >= 0.3 is 0 Å². The van der Waals surface area contributed by atoms with Gasteiger partial charge in [-0.3, -0.25) is 4.79 Å². The molecule has 0 aliphatic carbocycles. The van der Waals surface area contributed by atoms with Crippen molar-refractivity contribution in [2.45, 2.75) is 13.8 Å². The number of rotatable bonds is 2. The van der Waals surface area contributed by atoms with Crippen molar-refractivity contribution in [1.82, 2.24) is 19.1 Å². The molecule has 0 fully saturated rings. The van der Waals surface area contributed by atoms with Crippen LogP contribution in [0.4, 0.5) is 0 Å². The molecule has 0 unspecified atom stereocenters. The maximum atomic E-state index is 12.2. The molecular weight excluding hydrogens is 204 g/mol. The van der Waals surface area contributed by atoms with Gasteiger partial charge in [-0.25, -0.2) is 9.97 Å². The van der Waals surface area contributed by atoms with Gasteiger partial charge in [0, 0.05) is 14.1 Å². The van der Waals surface area contributed by atoms with E-state index in [1.165, 1.54) is 0 Å². The van der Waals surface area contributed by atoms with Crippen LogP contribution >= 0.6 is 0 Å². The summed E-state index contributed by atoms with van der Waals surface area (Å²) in [4.78, 5) is 20.4. The number of aromatic nitrogens is 4. The highest BCUT2D eigenvalue weighted by Gasteiger charge is 2.18. The first-order chi connectivity index (χ1) is 7.52. The van der Waals surface area contributed by atoms with Crippen LogP contribution < -0.4 is 0 Å². The minimum Gasteiger partial charge on any atom is -0.329 e. The lowest BCUT2D eigenvalue weighted by molar-refractivity contribution is 0.102. The lowest BCUT2D eigenvalue weighted by Gasteiger charge is -2.04. The quantitative estimate of drug-likeness (QED) is 0.707. The van der Waals surface area contributed by atoms with Crippen LogP contribution in [0.25, 0.3) is 0 Å². The smallest absolute Gasteiger partial charge is 0.228 e. The summed E-state index contributed by atoms with van der Waals surface area (Å²) in [6, 6.07) is 0. The molecule has 2 aromatic rings. The summed E-state index contributed by atoms with van der Waals surface area (Å²) in [7, 11) is 3.66. The van der Waals surface area contributed by atoms with E-state index in [4.69, 9.17) is 0 Å². The molecule has 0 saturated carbocycles. The predicted molar refractivity (Wildman–Crippen MR) is 59.3 cm³/mol. The molecule has 16 heavy (non-hydrogen) atoms. The standard InChI is InChI=1S/C11H14N4O/c1-7-12-5-9(14(7)3)11(16)10-6-13-8(2)15(10)4/h5-6H,1-4H3. The highest BCUT2D eigenvalue weighted by Crippen LogP contribution is 2.11. The molecule has 0 aliphatic rings. The van der Waals surface area contributed by atoms with Crippen LogP contribution in [0, 0.1) is 13.8 Å². The van der Waals surface area contributed by atoms with Crippen molar-refractivity contribution >= 4 is 5.78 Å². The Labute approximate surface area is 93.8 Å². The summed E-state index contributed by atoms with van der Waals surface area (Å²) in [5.41, 5.74) is 1.17. The van der Waals surface area contributed by atoms with E-state index in [2.05, 4.69) is 9.97 Å². The van der Waals surface area contributed by atoms with Crippen LogP contribution in [0.2, 0.25) is 0 Å². The van der Waals surface area contributed by atoms with Crippen LogP contribution in [0.5, 0.6) is 0 Å². The molecule has 0 saturated heterocycles. The summed E-state index contributed by atoms with van der Waals surface area (Å²) in [6.07, 6.45) is 3.19. The van der Waals surface area contributed by atoms with Gasteiger partial charge in [0.05, 0.1) is 12.4 Å². The van der Waals surface area contributed by atoms with Crippen molar-refractivity contribution in [3.63, 3.8) is 0 Å². The second-order valence-electron chi connectivity index (χ2n) is 3.83. The van der Waals surface area contributed by atoms with Crippen molar-refractivity contribution in [3.05, 3.63) is 35.4 Å². The van der Waals surface area contributed by atoms with Crippen LogP contribution in [-0.2, 0) is 14.1 Å². The van der Waals surface area contributed by atoms with E-state index in [-0.39, 0.29) is 5.78 Å². The maximum absolute atomic E-state index is 12.2. The predicted octanol–water partition coefficient (Wildman–Crippen LogP) is 1.00. The number of ketones is 1. The van der Waals surface area contributed by atoms with Crippen molar-refractivity contribution in [3.8, 4) is 0 Å². The second-order valence-corrected chi connectivity index (χ2v) is 3.83. The zero-order valence-corrected chi connectivity index (χ0v) is 9.85. The van der Waals surface area contributed by atoms with Crippen molar-refractivity contribution in [1.29, 1.82) is 0 Å². The molecule has 0 aromatic carbocycles. The van der Waals surface area contributed by atoms with Crippen LogP contribution in [-0.4, -0.2) is 24.9 Å². The largest absolute Gasteiger partial charge is 0.329 e. The first-order valence-electron chi connectivity index (χ1n) is 5.03. The maximum Gasteiger partial charge on any atom is 0.228 e. The average Bonchev–Trinajstić information content (AvgIpc) is 2.74. The third-order valence-corrected chi connectivity index (χ3v) is 2.91. The number of carbonyl (C=O) groups excluding carboxylic acids is 1. The van der Waals surface area contributed by atoms with E-state index < -0.39 is 0 Å². The summed E-state index contributed by atoms with van der Waals surface area (Å²) in [6.45, 7) is 3.73. The van der Waals surface area contributed by atoms with Gasteiger partial charge in [0.25, 0.3) is 0 Å². The molecule has 0 aliphatic heterocycles. The molecule has 5 nitrogen and oxygen atoms in total. The highest BCUT2D eigenvalue weighted by atomic mass is 16.1. The Morgan fingerprint density at radius 1 is 1.00 bits per heavy atom. The molecular formula is C11H14N4O. The van der Waals surface area contributed by atoms with Gasteiger partial charge in [0.15, 0.2) is 0 Å². The molecule has 84 valence electrons. The van der Waals surface area contributed by atoms with Crippen molar-refractivity contribution < 1.29 is 4.79 Å². The van der Waals surface area contributed by atoms with Gasteiger partial charge in [0.2, 0.25) is 5.78 Å². The Bertz CT molecular complexity index is 502. The summed E-state index contributed by atoms with van der Waals surface area (Å²) in [5, 5.41) is 0. The fourth-order valence-electron chi connectivity index (χ4n) is 1.56. The summed E-state index contributed by atoms with van der Waals surface area (Å²) in [5.74, 6) is 1.59. The molecule has 0 spiro atoms. The molecule has 2 heterocycles. The molecule has 2 aromatic heterocycles. The fraction of sp³-hybridized carbons (Fsp3) is 0.364. The first kappa shape index (κ1) is 10.6. The molecule has 0 radical (unpaired) electrons. The summed E-state index contributed by atoms with van der Waals surface area (Å²) >= 11 is 0. The monoisotopic (exact) mass is 218 g/mol. The minimum atomic E-state index is -0.0498. The van der Waals surface area contributed by atoms with E-state index in [1.54, 1.807) is 21.5 Å². The van der Waals surface area contributed by atoms with Crippen molar-refractivity contribution in [2.75, 3.05) is 0 Å². The third kappa shape index (κ3) is 1.44. The average molecular weight is 218 g/mol. The molecule has 2 rings (SSSR count). The van der Waals surface area contributed by atoms with E-state index in [9.17, 15) is 4.79 Å². The first-order valence-corrected chi connectivity index (χ1v) is 5.03. The van der Waals surface area contributed by atoms with Gasteiger partial charge in [-0.1, -0.05) is 0 Å². The van der Waals surface area contributed by atoms with E-state index in [0.29, 0.717) is 11.4 Å². The SMILES string of the molecule is Cc1ncc(C(=O)c2cnc(C)n2C)n1C. The summed E-state index contributed by atoms with van der Waals surface area (Å²) < 4.78 is 3.56. The van der Waals surface area contributed by atoms with Crippen molar-refractivity contribution in [2.24, 2.45) is 14.1 Å². The van der Waals surface area contributed by atoms with Gasteiger partial charge in [0.1, 0.15) is 23.0 Å². The normalized spacial score (nSPS) is 10.8. The van der Waals surface area contributed by atoms with E-state index in [1.807, 2.05) is 27.9 Å². The number of aryl methyl sites for hydroxylation is 2. The Balaban J connectivity index is 2.47. The molecule has 0 bridgehead atoms. The molecule has 0 amide bonds. The lowest BCUT2D eigenvalue weighted by atomic mass is 10.2. The Morgan fingerprint density at radius 3 is 1.62 bits per heavy atom. The Morgan fingerprint density at radius 2 is 1.38 bits per heavy atom. The molecule has 0 atom stereocenters. The van der Waals surface area contributed by atoms with E-state index in [0.717, 1.165) is 11.6 Å². The lowest BCUT2D eigenvalue weighted by Crippen LogP contribution is -2.12. The zero-order valence-electron chi connectivity index (χ0n) is 9.85. The van der Waals surface area contributed by atoms with Crippen LogP contribution in [0.1, 0.15) is 27.8 Å². The number of nitrogens with zero attached hydrogens (tertiary/aromatic N) is 4. The van der Waals surface area contributed by atoms with Crippen LogP contribution in [0.3, 0.4) is 0 Å².